The van der Waals surface area contributed by atoms with E-state index in [9.17, 15) is 4.79 Å². The Morgan fingerprint density at radius 3 is 2.33 bits per heavy atom. The molecule has 5 nitrogen and oxygen atoms in total. The van der Waals surface area contributed by atoms with Gasteiger partial charge in [0.25, 0.3) is 0 Å². The van der Waals surface area contributed by atoms with Gasteiger partial charge in [0.1, 0.15) is 5.01 Å². The molecule has 2 aromatic carbocycles. The zero-order chi connectivity index (χ0) is 20.6. The summed E-state index contributed by atoms with van der Waals surface area (Å²) < 4.78 is 0. The topological polar surface area (TPSA) is 48.5 Å². The molecule has 6 heteroatoms. The molecule has 1 aliphatic heterocycles. The molecule has 1 fully saturated rings. The van der Waals surface area contributed by atoms with E-state index in [1.165, 1.54) is 11.1 Å². The summed E-state index contributed by atoms with van der Waals surface area (Å²) in [5.41, 5.74) is 3.48. The highest BCUT2D eigenvalue weighted by Gasteiger charge is 2.20. The number of piperazine rings is 1. The molecule has 1 N–H and O–H groups in total. The molecule has 0 unspecified atom stereocenters. The van der Waals surface area contributed by atoms with E-state index in [1.807, 2.05) is 36.4 Å². The van der Waals surface area contributed by atoms with Crippen LogP contribution < -0.4 is 5.32 Å². The van der Waals surface area contributed by atoms with Crippen LogP contribution in [0.4, 0.5) is 0 Å². The zero-order valence-corrected chi connectivity index (χ0v) is 18.0. The zero-order valence-electron chi connectivity index (χ0n) is 17.2. The van der Waals surface area contributed by atoms with Crippen LogP contribution in [-0.4, -0.2) is 60.0 Å². The fourth-order valence-electron chi connectivity index (χ4n) is 3.67. The summed E-state index contributed by atoms with van der Waals surface area (Å²) in [6, 6.07) is 20.6. The van der Waals surface area contributed by atoms with E-state index >= 15 is 0 Å². The van der Waals surface area contributed by atoms with Crippen molar-refractivity contribution in [1.82, 2.24) is 20.1 Å². The van der Waals surface area contributed by atoms with E-state index in [1.54, 1.807) is 11.3 Å². The van der Waals surface area contributed by atoms with E-state index in [0.717, 1.165) is 49.8 Å². The molecule has 0 aliphatic carbocycles. The molecular formula is C24H28N4OS. The number of rotatable bonds is 8. The van der Waals surface area contributed by atoms with Gasteiger partial charge in [0, 0.05) is 43.7 Å². The molecule has 2 heterocycles. The second-order valence-electron chi connectivity index (χ2n) is 7.63. The van der Waals surface area contributed by atoms with Gasteiger partial charge in [-0.2, -0.15) is 0 Å². The number of carbonyl (C=O) groups is 1. The molecule has 3 aromatic rings. The predicted octanol–water partition coefficient (Wildman–Crippen LogP) is 3.29. The van der Waals surface area contributed by atoms with Crippen molar-refractivity contribution in [3.63, 3.8) is 0 Å². The fraction of sp³-hybridized carbons (Fsp3) is 0.333. The summed E-state index contributed by atoms with van der Waals surface area (Å²) >= 11 is 1.73. The van der Waals surface area contributed by atoms with Crippen LogP contribution in [0.1, 0.15) is 10.6 Å². The van der Waals surface area contributed by atoms with Crippen LogP contribution in [0.15, 0.2) is 66.0 Å². The van der Waals surface area contributed by atoms with Gasteiger partial charge in [0.15, 0.2) is 0 Å². The summed E-state index contributed by atoms with van der Waals surface area (Å²) in [6.45, 7) is 5.84. The lowest BCUT2D eigenvalue weighted by atomic mass is 10.1. The monoisotopic (exact) mass is 420 g/mol. The largest absolute Gasteiger partial charge is 0.355 e. The lowest BCUT2D eigenvalue weighted by Gasteiger charge is -2.33. The van der Waals surface area contributed by atoms with Crippen molar-refractivity contribution < 1.29 is 4.79 Å². The third-order valence-corrected chi connectivity index (χ3v) is 6.22. The maximum absolute atomic E-state index is 12.2. The molecule has 0 spiro atoms. The Labute approximate surface area is 182 Å². The van der Waals surface area contributed by atoms with E-state index in [-0.39, 0.29) is 5.91 Å². The van der Waals surface area contributed by atoms with E-state index in [0.29, 0.717) is 13.1 Å². The standard InChI is InChI=1S/C24H28N4OS/c29-23(25-12-11-20-7-3-1-4-8-20)17-27-13-15-28(16-14-27)18-24-26-22(19-30-24)21-9-5-2-6-10-21/h1-10,19H,11-18H2,(H,25,29). The number of nitrogens with zero attached hydrogens (tertiary/aromatic N) is 3. The van der Waals surface area contributed by atoms with Crippen LogP contribution in [0, 0.1) is 0 Å². The van der Waals surface area contributed by atoms with Crippen LogP contribution in [0.25, 0.3) is 11.3 Å². The highest BCUT2D eigenvalue weighted by atomic mass is 32.1. The Morgan fingerprint density at radius 2 is 1.60 bits per heavy atom. The molecule has 0 radical (unpaired) electrons. The first-order valence-electron chi connectivity index (χ1n) is 10.5. The Hall–Kier alpha value is -2.54. The average Bonchev–Trinajstić information content (AvgIpc) is 3.25. The van der Waals surface area contributed by atoms with Gasteiger partial charge in [0.2, 0.25) is 5.91 Å². The molecule has 0 atom stereocenters. The van der Waals surface area contributed by atoms with Gasteiger partial charge in [-0.05, 0) is 12.0 Å². The molecule has 0 bridgehead atoms. The molecular weight excluding hydrogens is 392 g/mol. The summed E-state index contributed by atoms with van der Waals surface area (Å²) in [6.07, 6.45) is 0.874. The molecule has 1 aliphatic rings. The van der Waals surface area contributed by atoms with E-state index in [4.69, 9.17) is 4.98 Å². The number of benzene rings is 2. The van der Waals surface area contributed by atoms with Crippen molar-refractivity contribution >= 4 is 17.2 Å². The average molecular weight is 421 g/mol. The minimum absolute atomic E-state index is 0.117. The number of amides is 1. The Balaban J connectivity index is 1.16. The molecule has 156 valence electrons. The Bertz CT molecular complexity index is 921. The molecule has 1 saturated heterocycles. The van der Waals surface area contributed by atoms with Crippen molar-refractivity contribution in [2.45, 2.75) is 13.0 Å². The molecule has 1 aromatic heterocycles. The quantitative estimate of drug-likeness (QED) is 0.608. The number of thiazole rings is 1. The summed E-state index contributed by atoms with van der Waals surface area (Å²) in [7, 11) is 0. The van der Waals surface area contributed by atoms with Gasteiger partial charge in [-0.1, -0.05) is 60.7 Å². The first-order chi connectivity index (χ1) is 14.8. The van der Waals surface area contributed by atoms with Crippen LogP contribution >= 0.6 is 11.3 Å². The van der Waals surface area contributed by atoms with Crippen LogP contribution in [0.2, 0.25) is 0 Å². The van der Waals surface area contributed by atoms with Gasteiger partial charge in [0.05, 0.1) is 18.8 Å². The third kappa shape index (κ3) is 5.98. The third-order valence-electron chi connectivity index (χ3n) is 5.39. The number of carbonyl (C=O) groups excluding carboxylic acids is 1. The Kier molecular flexibility index (Phi) is 7.24. The second kappa shape index (κ2) is 10.5. The van der Waals surface area contributed by atoms with E-state index < -0.39 is 0 Å². The lowest BCUT2D eigenvalue weighted by molar-refractivity contribution is -0.122. The lowest BCUT2D eigenvalue weighted by Crippen LogP contribution is -2.49. The van der Waals surface area contributed by atoms with Crippen molar-refractivity contribution in [3.8, 4) is 11.3 Å². The minimum Gasteiger partial charge on any atom is -0.355 e. The summed E-state index contributed by atoms with van der Waals surface area (Å²) in [5, 5.41) is 6.34. The molecule has 1 amide bonds. The second-order valence-corrected chi connectivity index (χ2v) is 8.57. The number of hydrogen-bond donors (Lipinski definition) is 1. The van der Waals surface area contributed by atoms with Crippen LogP contribution in [-0.2, 0) is 17.8 Å². The Morgan fingerprint density at radius 1 is 0.933 bits per heavy atom. The summed E-state index contributed by atoms with van der Waals surface area (Å²) in [5.74, 6) is 0.117. The van der Waals surface area contributed by atoms with Crippen molar-refractivity contribution in [1.29, 1.82) is 0 Å². The SMILES string of the molecule is O=C(CN1CCN(Cc2nc(-c3ccccc3)cs2)CC1)NCCc1ccccc1. The molecule has 30 heavy (non-hydrogen) atoms. The molecule has 0 saturated carbocycles. The van der Waals surface area contributed by atoms with Crippen molar-refractivity contribution in [2.24, 2.45) is 0 Å². The number of nitrogens with one attached hydrogen (secondary N) is 1. The van der Waals surface area contributed by atoms with Crippen molar-refractivity contribution in [3.05, 3.63) is 76.6 Å². The number of hydrogen-bond acceptors (Lipinski definition) is 5. The first kappa shape index (κ1) is 20.7. The molecule has 4 rings (SSSR count). The van der Waals surface area contributed by atoms with Gasteiger partial charge >= 0.3 is 0 Å². The minimum atomic E-state index is 0.117. The van der Waals surface area contributed by atoms with Crippen molar-refractivity contribution in [2.75, 3.05) is 39.3 Å². The maximum atomic E-state index is 12.2. The number of aromatic nitrogens is 1. The fourth-order valence-corrected chi connectivity index (χ4v) is 4.52. The van der Waals surface area contributed by atoms with Gasteiger partial charge in [-0.25, -0.2) is 4.98 Å². The van der Waals surface area contributed by atoms with Gasteiger partial charge in [-0.3, -0.25) is 14.6 Å². The smallest absolute Gasteiger partial charge is 0.234 e. The van der Waals surface area contributed by atoms with E-state index in [2.05, 4.69) is 44.8 Å². The van der Waals surface area contributed by atoms with Gasteiger partial charge in [-0.15, -0.1) is 11.3 Å². The highest BCUT2D eigenvalue weighted by molar-refractivity contribution is 7.09. The maximum Gasteiger partial charge on any atom is 0.234 e. The van der Waals surface area contributed by atoms with Gasteiger partial charge < -0.3 is 5.32 Å². The van der Waals surface area contributed by atoms with Crippen LogP contribution in [0.3, 0.4) is 0 Å². The normalized spacial score (nSPS) is 15.2. The van der Waals surface area contributed by atoms with Crippen LogP contribution in [0.5, 0.6) is 0 Å². The summed E-state index contributed by atoms with van der Waals surface area (Å²) in [4.78, 5) is 21.7. The highest BCUT2D eigenvalue weighted by Crippen LogP contribution is 2.22. The predicted molar refractivity (Wildman–Crippen MR) is 122 cm³/mol. The first-order valence-corrected chi connectivity index (χ1v) is 11.4.